The van der Waals surface area contributed by atoms with Crippen molar-refractivity contribution in [2.45, 2.75) is 52.1 Å². The summed E-state index contributed by atoms with van der Waals surface area (Å²) < 4.78 is 6.39. The number of benzene rings is 1. The van der Waals surface area contributed by atoms with Crippen molar-refractivity contribution in [2.75, 3.05) is 6.61 Å². The zero-order valence-corrected chi connectivity index (χ0v) is 14.6. The minimum absolute atomic E-state index is 0.0271. The van der Waals surface area contributed by atoms with Crippen LogP contribution in [0.2, 0.25) is 0 Å². The summed E-state index contributed by atoms with van der Waals surface area (Å²) in [6.45, 7) is 6.10. The number of nitrogens with one attached hydrogen (secondary N) is 1. The second kappa shape index (κ2) is 9.05. The lowest BCUT2D eigenvalue weighted by Crippen LogP contribution is -2.35. The summed E-state index contributed by atoms with van der Waals surface area (Å²) in [5, 5.41) is 2.91. The first kappa shape index (κ1) is 18.0. The molecule has 2 atom stereocenters. The molecule has 4 nitrogen and oxygen atoms in total. The molecule has 0 fully saturated rings. The Morgan fingerprint density at radius 3 is 2.71 bits per heavy atom. The van der Waals surface area contributed by atoms with E-state index in [0.29, 0.717) is 5.75 Å². The molecule has 1 rings (SSSR count). The Morgan fingerprint density at radius 1 is 1.43 bits per heavy atom. The molecule has 0 saturated heterocycles. The number of halogens is 1. The molecule has 0 bridgehead atoms. The molecule has 5 heteroatoms. The summed E-state index contributed by atoms with van der Waals surface area (Å²) >= 11 is 3.47. The van der Waals surface area contributed by atoms with Crippen LogP contribution >= 0.6 is 15.9 Å². The first-order chi connectivity index (χ1) is 9.92. The fourth-order valence-electron chi connectivity index (χ4n) is 2.13. The Bertz CT molecular complexity index is 464. The monoisotopic (exact) mass is 356 g/mol. The van der Waals surface area contributed by atoms with E-state index in [-0.39, 0.29) is 24.6 Å². The van der Waals surface area contributed by atoms with Gasteiger partial charge in [-0.25, -0.2) is 0 Å². The zero-order valence-electron chi connectivity index (χ0n) is 13.0. The molecule has 1 aromatic rings. The number of ether oxygens (including phenoxy) is 1. The van der Waals surface area contributed by atoms with E-state index in [1.54, 1.807) is 0 Å². The van der Waals surface area contributed by atoms with Gasteiger partial charge in [-0.15, -0.1) is 0 Å². The second-order valence-corrected chi connectivity index (χ2v) is 6.35. The summed E-state index contributed by atoms with van der Waals surface area (Å²) in [6.07, 6.45) is 2.84. The Kier molecular flexibility index (Phi) is 7.75. The molecular formula is C16H25BrN2O2. The predicted octanol–water partition coefficient (Wildman–Crippen LogP) is 3.02. The van der Waals surface area contributed by atoms with E-state index in [1.165, 1.54) is 0 Å². The summed E-state index contributed by atoms with van der Waals surface area (Å²) in [7, 11) is 0. The Hall–Kier alpha value is -1.07. The lowest BCUT2D eigenvalue weighted by molar-refractivity contribution is -0.123. The number of carbonyl (C=O) groups is 1. The summed E-state index contributed by atoms with van der Waals surface area (Å²) in [6, 6.07) is 6.12. The molecule has 0 aromatic heterocycles. The van der Waals surface area contributed by atoms with Crippen LogP contribution < -0.4 is 15.8 Å². The lowest BCUT2D eigenvalue weighted by atomic mass is 10.1. The average Bonchev–Trinajstić information content (AvgIpc) is 2.37. The van der Waals surface area contributed by atoms with Crippen LogP contribution in [0.25, 0.3) is 0 Å². The maximum atomic E-state index is 11.8. The number of nitrogens with two attached hydrogens (primary N) is 1. The van der Waals surface area contributed by atoms with Crippen LogP contribution in [-0.2, 0) is 11.2 Å². The summed E-state index contributed by atoms with van der Waals surface area (Å²) in [4.78, 5) is 11.8. The van der Waals surface area contributed by atoms with Crippen molar-refractivity contribution in [1.29, 1.82) is 0 Å². The molecule has 21 heavy (non-hydrogen) atoms. The molecule has 2 unspecified atom stereocenters. The van der Waals surface area contributed by atoms with Gasteiger partial charge in [0, 0.05) is 12.1 Å². The van der Waals surface area contributed by atoms with Gasteiger partial charge >= 0.3 is 0 Å². The minimum atomic E-state index is -0.0949. The number of hydrogen-bond donors (Lipinski definition) is 2. The number of hydrogen-bond acceptors (Lipinski definition) is 3. The quantitative estimate of drug-likeness (QED) is 0.752. The van der Waals surface area contributed by atoms with E-state index in [2.05, 4.69) is 28.2 Å². The van der Waals surface area contributed by atoms with Gasteiger partial charge in [0.25, 0.3) is 5.91 Å². The third-order valence-corrected chi connectivity index (χ3v) is 3.66. The van der Waals surface area contributed by atoms with E-state index >= 15 is 0 Å². The van der Waals surface area contributed by atoms with Crippen LogP contribution in [0.5, 0.6) is 5.75 Å². The molecule has 0 radical (unpaired) electrons. The highest BCUT2D eigenvalue weighted by Crippen LogP contribution is 2.26. The fraction of sp³-hybridized carbons (Fsp3) is 0.562. The average molecular weight is 357 g/mol. The molecule has 0 aliphatic carbocycles. The lowest BCUT2D eigenvalue weighted by Gasteiger charge is -2.14. The normalized spacial score (nSPS) is 13.6. The van der Waals surface area contributed by atoms with Gasteiger partial charge in [-0.2, -0.15) is 0 Å². The molecule has 118 valence electrons. The van der Waals surface area contributed by atoms with Crippen molar-refractivity contribution < 1.29 is 9.53 Å². The van der Waals surface area contributed by atoms with E-state index in [9.17, 15) is 4.79 Å². The van der Waals surface area contributed by atoms with E-state index in [1.807, 2.05) is 32.0 Å². The Labute approximate surface area is 135 Å². The molecule has 0 heterocycles. The highest BCUT2D eigenvalue weighted by atomic mass is 79.9. The van der Waals surface area contributed by atoms with Crippen LogP contribution in [0.3, 0.4) is 0 Å². The van der Waals surface area contributed by atoms with E-state index in [4.69, 9.17) is 10.5 Å². The third-order valence-electron chi connectivity index (χ3n) is 3.04. The molecule has 1 amide bonds. The van der Waals surface area contributed by atoms with Gasteiger partial charge in [-0.05, 0) is 60.3 Å². The van der Waals surface area contributed by atoms with Crippen LogP contribution in [0, 0.1) is 0 Å². The van der Waals surface area contributed by atoms with Crippen molar-refractivity contribution in [1.82, 2.24) is 5.32 Å². The number of carbonyl (C=O) groups excluding carboxylic acids is 1. The van der Waals surface area contributed by atoms with Crippen molar-refractivity contribution in [2.24, 2.45) is 5.73 Å². The molecule has 0 spiro atoms. The maximum absolute atomic E-state index is 11.8. The molecule has 1 aromatic carbocycles. The third kappa shape index (κ3) is 6.96. The Balaban J connectivity index is 2.50. The first-order valence-corrected chi connectivity index (χ1v) is 8.17. The smallest absolute Gasteiger partial charge is 0.258 e. The van der Waals surface area contributed by atoms with Crippen molar-refractivity contribution >= 4 is 21.8 Å². The standard InChI is InChI=1S/C16H25BrN2O2/c1-4-5-12(3)19-16(20)10-21-15-7-6-13(8-11(2)18)9-14(15)17/h6-7,9,11-12H,4-5,8,10,18H2,1-3H3,(H,19,20). The minimum Gasteiger partial charge on any atom is -0.483 e. The van der Waals surface area contributed by atoms with Gasteiger partial charge in [0.2, 0.25) is 0 Å². The molecular weight excluding hydrogens is 332 g/mol. The number of rotatable bonds is 8. The Morgan fingerprint density at radius 2 is 2.14 bits per heavy atom. The van der Waals surface area contributed by atoms with Crippen molar-refractivity contribution in [3.05, 3.63) is 28.2 Å². The molecule has 0 aliphatic heterocycles. The van der Waals surface area contributed by atoms with Gasteiger partial charge in [0.05, 0.1) is 4.47 Å². The maximum Gasteiger partial charge on any atom is 0.258 e. The van der Waals surface area contributed by atoms with E-state index in [0.717, 1.165) is 29.3 Å². The molecule has 0 saturated carbocycles. The van der Waals surface area contributed by atoms with Gasteiger partial charge in [0.1, 0.15) is 5.75 Å². The zero-order chi connectivity index (χ0) is 15.8. The van der Waals surface area contributed by atoms with Gasteiger partial charge < -0.3 is 15.8 Å². The topological polar surface area (TPSA) is 64.3 Å². The van der Waals surface area contributed by atoms with E-state index < -0.39 is 0 Å². The highest BCUT2D eigenvalue weighted by Gasteiger charge is 2.09. The van der Waals surface area contributed by atoms with Crippen molar-refractivity contribution in [3.63, 3.8) is 0 Å². The molecule has 3 N–H and O–H groups in total. The predicted molar refractivity (Wildman–Crippen MR) is 89.5 cm³/mol. The van der Waals surface area contributed by atoms with Crippen LogP contribution in [0.15, 0.2) is 22.7 Å². The second-order valence-electron chi connectivity index (χ2n) is 5.49. The summed E-state index contributed by atoms with van der Waals surface area (Å²) in [5.41, 5.74) is 6.93. The SMILES string of the molecule is CCCC(C)NC(=O)COc1ccc(CC(C)N)cc1Br. The highest BCUT2D eigenvalue weighted by molar-refractivity contribution is 9.10. The number of amides is 1. The summed E-state index contributed by atoms with van der Waals surface area (Å²) in [5.74, 6) is 0.573. The van der Waals surface area contributed by atoms with Crippen LogP contribution in [0.1, 0.15) is 39.2 Å². The molecule has 0 aliphatic rings. The largest absolute Gasteiger partial charge is 0.483 e. The van der Waals surface area contributed by atoms with Crippen LogP contribution in [0.4, 0.5) is 0 Å². The van der Waals surface area contributed by atoms with Crippen LogP contribution in [-0.4, -0.2) is 24.6 Å². The fourth-order valence-corrected chi connectivity index (χ4v) is 2.67. The van der Waals surface area contributed by atoms with Gasteiger partial charge in [-0.3, -0.25) is 4.79 Å². The van der Waals surface area contributed by atoms with Crippen molar-refractivity contribution in [3.8, 4) is 5.75 Å². The first-order valence-electron chi connectivity index (χ1n) is 7.38. The van der Waals surface area contributed by atoms with Gasteiger partial charge in [0.15, 0.2) is 6.61 Å². The van der Waals surface area contributed by atoms with Gasteiger partial charge in [-0.1, -0.05) is 19.4 Å².